The Balaban J connectivity index is 1.54. The number of pyridine rings is 1. The van der Waals surface area contributed by atoms with Crippen molar-refractivity contribution in [2.24, 2.45) is 5.73 Å². The van der Waals surface area contributed by atoms with Gasteiger partial charge in [0.25, 0.3) is 5.91 Å². The van der Waals surface area contributed by atoms with Crippen LogP contribution in [0.2, 0.25) is 0 Å². The molecule has 4 aromatic heterocycles. The summed E-state index contributed by atoms with van der Waals surface area (Å²) in [7, 11) is 0. The number of amides is 1. The van der Waals surface area contributed by atoms with Gasteiger partial charge in [0.15, 0.2) is 0 Å². The summed E-state index contributed by atoms with van der Waals surface area (Å²) >= 11 is 0. The van der Waals surface area contributed by atoms with Crippen molar-refractivity contribution in [2.75, 3.05) is 11.4 Å². The van der Waals surface area contributed by atoms with Gasteiger partial charge in [0.1, 0.15) is 12.2 Å². The van der Waals surface area contributed by atoms with Crippen LogP contribution in [0.3, 0.4) is 0 Å². The number of fused-ring (bicyclic) bond motifs is 1. The summed E-state index contributed by atoms with van der Waals surface area (Å²) in [6.45, 7) is 4.44. The van der Waals surface area contributed by atoms with Gasteiger partial charge in [-0.1, -0.05) is 0 Å². The van der Waals surface area contributed by atoms with Crippen molar-refractivity contribution in [3.63, 3.8) is 0 Å². The number of aryl methyl sites for hydroxylation is 1. The highest BCUT2D eigenvalue weighted by Crippen LogP contribution is 2.38. The average molecular weight is 547 g/mol. The number of primary amides is 1. The Hall–Kier alpha value is -4.37. The number of hydrogen-bond donors (Lipinski definition) is 2. The summed E-state index contributed by atoms with van der Waals surface area (Å²) in [5.41, 5.74) is 7.01. The van der Waals surface area contributed by atoms with Crippen LogP contribution in [0.4, 0.5) is 10.1 Å². The Bertz CT molecular complexity index is 1580. The number of halogens is 1. The summed E-state index contributed by atoms with van der Waals surface area (Å²) in [6.07, 6.45) is 4.07. The second-order valence-electron chi connectivity index (χ2n) is 10.8. The first-order valence-electron chi connectivity index (χ1n) is 13.2. The predicted octanol–water partition coefficient (Wildman–Crippen LogP) is 3.70. The lowest BCUT2D eigenvalue weighted by Gasteiger charge is -2.40. The summed E-state index contributed by atoms with van der Waals surface area (Å²) in [5.74, 6) is 0.508. The van der Waals surface area contributed by atoms with E-state index in [9.17, 15) is 15.2 Å². The smallest absolute Gasteiger partial charge is 0.252 e. The van der Waals surface area contributed by atoms with Crippen LogP contribution in [0, 0.1) is 18.3 Å². The number of carbonyl (C=O) groups excluding carboxylic acids is 1. The Kier molecular flexibility index (Phi) is 7.25. The minimum atomic E-state index is -1.61. The number of aromatic nitrogens is 5. The van der Waals surface area contributed by atoms with Crippen molar-refractivity contribution in [1.29, 1.82) is 5.26 Å². The van der Waals surface area contributed by atoms with Gasteiger partial charge in [-0.15, -0.1) is 10.2 Å². The number of nitrogens with zero attached hydrogens (tertiary/aromatic N) is 7. The summed E-state index contributed by atoms with van der Waals surface area (Å²) in [5, 5.41) is 32.1. The van der Waals surface area contributed by atoms with Gasteiger partial charge in [-0.2, -0.15) is 10.4 Å². The molecule has 0 spiro atoms. The zero-order chi connectivity index (χ0) is 28.6. The average Bonchev–Trinajstić information content (AvgIpc) is 3.56. The second-order valence-corrected chi connectivity index (χ2v) is 10.8. The molecule has 0 unspecified atom stereocenters. The van der Waals surface area contributed by atoms with E-state index in [0.717, 1.165) is 12.8 Å². The number of aliphatic hydroxyl groups is 1. The molecule has 0 aromatic carbocycles. The molecule has 1 aliphatic rings. The third kappa shape index (κ3) is 5.37. The van der Waals surface area contributed by atoms with Crippen molar-refractivity contribution in [1.82, 2.24) is 24.8 Å². The molecule has 3 N–H and O–H groups in total. The number of nitrogens with two attached hydrogens (primary N) is 1. The van der Waals surface area contributed by atoms with E-state index in [1.54, 1.807) is 23.6 Å². The molecule has 4 aromatic rings. The van der Waals surface area contributed by atoms with Crippen molar-refractivity contribution in [3.8, 4) is 17.5 Å². The third-order valence-corrected chi connectivity index (χ3v) is 7.50. The molecule has 1 amide bonds. The van der Waals surface area contributed by atoms with Crippen LogP contribution < -0.4 is 10.6 Å². The molecule has 0 saturated heterocycles. The maximum Gasteiger partial charge on any atom is 0.252 e. The zero-order valence-corrected chi connectivity index (χ0v) is 22.6. The molecule has 0 radical (unpaired) electrons. The molecule has 1 fully saturated rings. The van der Waals surface area contributed by atoms with E-state index in [4.69, 9.17) is 10.2 Å². The minimum Gasteiger partial charge on any atom is -0.425 e. The van der Waals surface area contributed by atoms with Gasteiger partial charge in [-0.05, 0) is 63.8 Å². The standard InChI is InChI=1S/C28H31FN8O3/c1-16-34-35-27(40-16)18-4-6-19(7-5-18)36(15-25(29)28(2,3)39)24-11-22(32-14-21(24)26(31)38)23-9-8-20-10-17(12-30)13-33-37(20)23/h8-11,13-14,18-19,25,39H,4-7,15H2,1-3H3,(H2,31,38)/t18?,19?,25-/m1/s1. The van der Waals surface area contributed by atoms with Gasteiger partial charge in [0.05, 0.1) is 52.1 Å². The molecule has 5 rings (SSSR count). The van der Waals surface area contributed by atoms with Crippen molar-refractivity contribution in [3.05, 3.63) is 59.6 Å². The highest BCUT2D eigenvalue weighted by molar-refractivity contribution is 5.99. The summed E-state index contributed by atoms with van der Waals surface area (Å²) in [4.78, 5) is 18.9. The van der Waals surface area contributed by atoms with E-state index >= 15 is 4.39 Å². The molecular weight excluding hydrogens is 515 g/mol. The molecule has 12 heteroatoms. The van der Waals surface area contributed by atoms with Gasteiger partial charge in [0.2, 0.25) is 11.8 Å². The van der Waals surface area contributed by atoms with E-state index in [0.29, 0.717) is 52.8 Å². The Labute approximate surface area is 230 Å². The van der Waals surface area contributed by atoms with Crippen LogP contribution in [-0.2, 0) is 0 Å². The second kappa shape index (κ2) is 10.7. The van der Waals surface area contributed by atoms with E-state index in [1.165, 1.54) is 26.2 Å². The van der Waals surface area contributed by atoms with E-state index in [-0.39, 0.29) is 24.1 Å². The number of carbonyl (C=O) groups is 1. The van der Waals surface area contributed by atoms with Crippen LogP contribution in [0.25, 0.3) is 16.9 Å². The van der Waals surface area contributed by atoms with Crippen molar-refractivity contribution < 1.29 is 18.7 Å². The molecule has 4 heterocycles. The third-order valence-electron chi connectivity index (χ3n) is 7.50. The molecule has 1 aliphatic carbocycles. The number of rotatable bonds is 8. The fraction of sp³-hybridized carbons (Fsp3) is 0.429. The number of anilines is 1. The van der Waals surface area contributed by atoms with Gasteiger partial charge in [-0.3, -0.25) is 9.78 Å². The fourth-order valence-corrected chi connectivity index (χ4v) is 5.22. The van der Waals surface area contributed by atoms with E-state index in [1.807, 2.05) is 17.0 Å². The van der Waals surface area contributed by atoms with Crippen LogP contribution in [0.1, 0.15) is 73.2 Å². The van der Waals surface area contributed by atoms with Crippen LogP contribution in [-0.4, -0.2) is 60.2 Å². The van der Waals surface area contributed by atoms with Crippen LogP contribution in [0.5, 0.6) is 0 Å². The molecule has 1 atom stereocenters. The molecular formula is C28H31FN8O3. The topological polar surface area (TPSA) is 159 Å². The Morgan fingerprint density at radius 1 is 1.27 bits per heavy atom. The van der Waals surface area contributed by atoms with Crippen molar-refractivity contribution in [2.45, 2.75) is 70.2 Å². The highest BCUT2D eigenvalue weighted by atomic mass is 19.1. The fourth-order valence-electron chi connectivity index (χ4n) is 5.22. The highest BCUT2D eigenvalue weighted by Gasteiger charge is 2.36. The first-order chi connectivity index (χ1) is 19.0. The van der Waals surface area contributed by atoms with Gasteiger partial charge in [0, 0.05) is 25.1 Å². The number of hydrogen-bond acceptors (Lipinski definition) is 9. The molecule has 40 heavy (non-hydrogen) atoms. The zero-order valence-electron chi connectivity index (χ0n) is 22.6. The number of alkyl halides is 1. The monoisotopic (exact) mass is 546 g/mol. The normalized spacial score (nSPS) is 18.4. The molecule has 1 saturated carbocycles. The van der Waals surface area contributed by atoms with Crippen LogP contribution in [0.15, 0.2) is 41.1 Å². The molecule has 11 nitrogen and oxygen atoms in total. The Morgan fingerprint density at radius 3 is 2.65 bits per heavy atom. The van der Waals surface area contributed by atoms with Gasteiger partial charge in [-0.25, -0.2) is 8.91 Å². The lowest BCUT2D eigenvalue weighted by atomic mass is 9.84. The van der Waals surface area contributed by atoms with Gasteiger partial charge < -0.3 is 20.2 Å². The maximum atomic E-state index is 15.4. The SMILES string of the molecule is Cc1nnc(C2CCC(N(C[C@@H](F)C(C)(C)O)c3cc(-c4ccc5cc(C#N)cnn45)ncc3C(N)=O)CC2)o1. The molecule has 208 valence electrons. The maximum absolute atomic E-state index is 15.4. The first-order valence-corrected chi connectivity index (χ1v) is 13.2. The van der Waals surface area contributed by atoms with Crippen LogP contribution >= 0.6 is 0 Å². The summed E-state index contributed by atoms with van der Waals surface area (Å²) in [6, 6.07) is 8.99. The quantitative estimate of drug-likeness (QED) is 0.336. The predicted molar refractivity (Wildman–Crippen MR) is 144 cm³/mol. The molecule has 0 aliphatic heterocycles. The largest absolute Gasteiger partial charge is 0.425 e. The lowest BCUT2D eigenvalue weighted by molar-refractivity contribution is -0.000455. The summed E-state index contributed by atoms with van der Waals surface area (Å²) < 4.78 is 22.7. The molecule has 0 bridgehead atoms. The first kappa shape index (κ1) is 27.2. The van der Waals surface area contributed by atoms with Gasteiger partial charge >= 0.3 is 0 Å². The van der Waals surface area contributed by atoms with E-state index < -0.39 is 17.7 Å². The van der Waals surface area contributed by atoms with Crippen molar-refractivity contribution >= 4 is 17.1 Å². The minimum absolute atomic E-state index is 0.0924. The van der Waals surface area contributed by atoms with E-state index in [2.05, 4.69) is 26.3 Å². The lowest BCUT2D eigenvalue weighted by Crippen LogP contribution is -2.48. The number of nitriles is 1. The Morgan fingerprint density at radius 2 is 2.02 bits per heavy atom.